The third-order valence-electron chi connectivity index (χ3n) is 5.22. The number of hydrogen-bond acceptors (Lipinski definition) is 7. The van der Waals surface area contributed by atoms with Gasteiger partial charge in [-0.3, -0.25) is 4.79 Å². The molecule has 31 heavy (non-hydrogen) atoms. The summed E-state index contributed by atoms with van der Waals surface area (Å²) in [5, 5.41) is 4.30. The molecule has 0 radical (unpaired) electrons. The number of thiophene rings is 2. The van der Waals surface area contributed by atoms with Gasteiger partial charge in [0.2, 0.25) is 0 Å². The van der Waals surface area contributed by atoms with E-state index < -0.39 is 0 Å². The van der Waals surface area contributed by atoms with Gasteiger partial charge in [0.05, 0.1) is 16.0 Å². The van der Waals surface area contributed by atoms with Crippen LogP contribution in [0.15, 0.2) is 45.8 Å². The van der Waals surface area contributed by atoms with Crippen molar-refractivity contribution in [2.24, 2.45) is 0 Å². The Morgan fingerprint density at radius 3 is 2.65 bits per heavy atom. The second-order valence-electron chi connectivity index (χ2n) is 7.19. The van der Waals surface area contributed by atoms with Crippen molar-refractivity contribution < 1.29 is 4.39 Å². The van der Waals surface area contributed by atoms with Gasteiger partial charge in [-0.2, -0.15) is 0 Å². The van der Waals surface area contributed by atoms with Gasteiger partial charge >= 0.3 is 0 Å². The third-order valence-corrected chi connectivity index (χ3v) is 8.32. The number of nitrogens with zero attached hydrogens (tertiary/aromatic N) is 3. The number of aromatic amines is 1. The van der Waals surface area contributed by atoms with Crippen LogP contribution in [0.5, 0.6) is 0 Å². The van der Waals surface area contributed by atoms with E-state index in [1.807, 2.05) is 26.2 Å². The van der Waals surface area contributed by atoms with E-state index in [-0.39, 0.29) is 16.6 Å². The first kappa shape index (κ1) is 20.3. The standard InChI is InChI=1S/C22H17FN4OS3/c1-10-11(2)30-22-16(10)19(28)26-18(27-22)12(3)31-21-17-15(8-29-20(17)24-9-25-21)13-4-6-14(23)7-5-13/h4-9,12H,1-3H3,(H,26,27,28)/t12-/m1/s1. The highest BCUT2D eigenvalue weighted by molar-refractivity contribution is 7.99. The summed E-state index contributed by atoms with van der Waals surface area (Å²) >= 11 is 4.59. The summed E-state index contributed by atoms with van der Waals surface area (Å²) in [5.74, 6) is 0.348. The zero-order valence-electron chi connectivity index (χ0n) is 16.9. The molecule has 4 aromatic heterocycles. The van der Waals surface area contributed by atoms with Crippen molar-refractivity contribution >= 4 is 54.9 Å². The van der Waals surface area contributed by atoms with Crippen molar-refractivity contribution in [1.82, 2.24) is 19.9 Å². The van der Waals surface area contributed by atoms with Crippen LogP contribution in [0.4, 0.5) is 4.39 Å². The number of hydrogen-bond donors (Lipinski definition) is 1. The molecule has 0 spiro atoms. The minimum absolute atomic E-state index is 0.107. The molecule has 1 atom stereocenters. The molecule has 0 saturated heterocycles. The first-order valence-corrected chi connectivity index (χ1v) is 12.1. The lowest BCUT2D eigenvalue weighted by molar-refractivity contribution is 0.628. The second-order valence-corrected chi connectivity index (χ2v) is 10.6. The largest absolute Gasteiger partial charge is 0.309 e. The molecule has 0 amide bonds. The molecular weight excluding hydrogens is 451 g/mol. The highest BCUT2D eigenvalue weighted by atomic mass is 32.2. The Kier molecular flexibility index (Phi) is 5.11. The molecular formula is C22H17FN4OS3. The Balaban J connectivity index is 1.56. The van der Waals surface area contributed by atoms with Crippen LogP contribution in [-0.4, -0.2) is 19.9 Å². The molecule has 0 bridgehead atoms. The van der Waals surface area contributed by atoms with Gasteiger partial charge in [0, 0.05) is 15.8 Å². The van der Waals surface area contributed by atoms with Gasteiger partial charge in [0.1, 0.15) is 32.7 Å². The summed E-state index contributed by atoms with van der Waals surface area (Å²) in [7, 11) is 0. The predicted molar refractivity (Wildman–Crippen MR) is 127 cm³/mol. The van der Waals surface area contributed by atoms with Crippen molar-refractivity contribution in [3.05, 3.63) is 68.4 Å². The van der Waals surface area contributed by atoms with Crippen LogP contribution in [0.25, 0.3) is 31.6 Å². The molecule has 1 aromatic carbocycles. The Hall–Kier alpha value is -2.62. The second kappa shape index (κ2) is 7.81. The smallest absolute Gasteiger partial charge is 0.259 e. The fourth-order valence-electron chi connectivity index (χ4n) is 3.47. The van der Waals surface area contributed by atoms with Crippen LogP contribution in [-0.2, 0) is 0 Å². The predicted octanol–water partition coefficient (Wildman–Crippen LogP) is 6.27. The maximum Gasteiger partial charge on any atom is 0.259 e. The van der Waals surface area contributed by atoms with Gasteiger partial charge in [-0.15, -0.1) is 22.7 Å². The molecule has 5 nitrogen and oxygen atoms in total. The van der Waals surface area contributed by atoms with Gasteiger partial charge in [-0.1, -0.05) is 23.9 Å². The third kappa shape index (κ3) is 3.56. The topological polar surface area (TPSA) is 71.5 Å². The molecule has 5 aromatic rings. The number of halogens is 1. The number of H-pyrrole nitrogens is 1. The molecule has 156 valence electrons. The maximum absolute atomic E-state index is 13.4. The van der Waals surface area contributed by atoms with Crippen LogP contribution in [0.2, 0.25) is 0 Å². The van der Waals surface area contributed by atoms with Crippen LogP contribution in [0.3, 0.4) is 0 Å². The number of aromatic nitrogens is 4. The van der Waals surface area contributed by atoms with E-state index in [0.29, 0.717) is 11.2 Å². The van der Waals surface area contributed by atoms with E-state index in [4.69, 9.17) is 4.98 Å². The maximum atomic E-state index is 13.4. The summed E-state index contributed by atoms with van der Waals surface area (Å²) in [6, 6.07) is 6.42. The minimum atomic E-state index is -0.271. The molecule has 0 unspecified atom stereocenters. The normalized spacial score (nSPS) is 12.6. The van der Waals surface area contributed by atoms with Gasteiger partial charge in [0.15, 0.2) is 0 Å². The van der Waals surface area contributed by atoms with Gasteiger partial charge < -0.3 is 4.98 Å². The quantitative estimate of drug-likeness (QED) is 0.249. The van der Waals surface area contributed by atoms with Gasteiger partial charge in [-0.05, 0) is 44.0 Å². The number of nitrogens with one attached hydrogen (secondary N) is 1. The average molecular weight is 469 g/mol. The summed E-state index contributed by atoms with van der Waals surface area (Å²) in [4.78, 5) is 32.0. The number of thioether (sulfide) groups is 1. The van der Waals surface area contributed by atoms with Crippen molar-refractivity contribution in [3.8, 4) is 11.1 Å². The minimum Gasteiger partial charge on any atom is -0.309 e. The van der Waals surface area contributed by atoms with E-state index in [2.05, 4.69) is 15.0 Å². The van der Waals surface area contributed by atoms with Gasteiger partial charge in [-0.25, -0.2) is 19.3 Å². The molecule has 0 aliphatic rings. The lowest BCUT2D eigenvalue weighted by atomic mass is 10.1. The Labute approximate surface area is 189 Å². The Bertz CT molecular complexity index is 1490. The summed E-state index contributed by atoms with van der Waals surface area (Å²) in [5.41, 5.74) is 2.76. The van der Waals surface area contributed by atoms with Crippen LogP contribution < -0.4 is 5.56 Å². The summed E-state index contributed by atoms with van der Waals surface area (Å²) < 4.78 is 13.4. The fourth-order valence-corrected chi connectivity index (χ4v) is 6.47. The van der Waals surface area contributed by atoms with Crippen LogP contribution in [0, 0.1) is 19.7 Å². The molecule has 0 fully saturated rings. The molecule has 9 heteroatoms. The first-order valence-electron chi connectivity index (χ1n) is 9.57. The number of aryl methyl sites for hydroxylation is 2. The zero-order valence-corrected chi connectivity index (χ0v) is 19.3. The van der Waals surface area contributed by atoms with Crippen molar-refractivity contribution in [2.45, 2.75) is 31.0 Å². The number of fused-ring (bicyclic) bond motifs is 2. The molecule has 5 rings (SSSR count). The number of benzene rings is 1. The zero-order chi connectivity index (χ0) is 21.7. The Morgan fingerprint density at radius 1 is 1.10 bits per heavy atom. The highest BCUT2D eigenvalue weighted by Crippen LogP contribution is 2.42. The summed E-state index contributed by atoms with van der Waals surface area (Å²) in [6.07, 6.45) is 1.55. The number of rotatable bonds is 4. The molecule has 4 heterocycles. The SMILES string of the molecule is Cc1sc2nc([C@@H](C)Sc3ncnc4scc(-c5ccc(F)cc5)c34)[nH]c(=O)c2c1C. The molecule has 0 saturated carbocycles. The lowest BCUT2D eigenvalue weighted by Gasteiger charge is -2.11. The van der Waals surface area contributed by atoms with E-state index in [9.17, 15) is 9.18 Å². The molecule has 0 aliphatic carbocycles. The van der Waals surface area contributed by atoms with Crippen LogP contribution >= 0.6 is 34.4 Å². The lowest BCUT2D eigenvalue weighted by Crippen LogP contribution is -2.12. The van der Waals surface area contributed by atoms with E-state index in [0.717, 1.165) is 41.6 Å². The molecule has 0 aliphatic heterocycles. The first-order chi connectivity index (χ1) is 14.9. The van der Waals surface area contributed by atoms with Crippen LogP contribution in [0.1, 0.15) is 28.4 Å². The van der Waals surface area contributed by atoms with Gasteiger partial charge in [0.25, 0.3) is 5.56 Å². The summed E-state index contributed by atoms with van der Waals surface area (Å²) in [6.45, 7) is 5.96. The highest BCUT2D eigenvalue weighted by Gasteiger charge is 2.20. The fraction of sp³-hybridized carbons (Fsp3) is 0.182. The van der Waals surface area contributed by atoms with E-state index in [1.54, 1.807) is 29.8 Å². The van der Waals surface area contributed by atoms with Crippen molar-refractivity contribution in [1.29, 1.82) is 0 Å². The Morgan fingerprint density at radius 2 is 1.87 bits per heavy atom. The van der Waals surface area contributed by atoms with Crippen molar-refractivity contribution in [2.75, 3.05) is 0 Å². The average Bonchev–Trinajstić information content (AvgIpc) is 3.30. The monoisotopic (exact) mass is 468 g/mol. The van der Waals surface area contributed by atoms with Crippen molar-refractivity contribution in [3.63, 3.8) is 0 Å². The molecule has 1 N–H and O–H groups in total. The van der Waals surface area contributed by atoms with E-state index in [1.165, 1.54) is 35.2 Å². The van der Waals surface area contributed by atoms with E-state index >= 15 is 0 Å².